The summed E-state index contributed by atoms with van der Waals surface area (Å²) in [5.41, 5.74) is 6.36. The Balaban J connectivity index is 2.18. The standard InChI is InChI=1S/C8H6ClN5OS/c9-5-3-4(1-2-6(5)10)7(15)11-8-12-13-14-16-8/h1-3H,10H2,(H,11,12,14,15). The molecule has 1 amide bonds. The number of nitrogens with zero attached hydrogens (tertiary/aromatic N) is 3. The lowest BCUT2D eigenvalue weighted by Gasteiger charge is -2.02. The third-order valence-electron chi connectivity index (χ3n) is 1.78. The molecule has 2 rings (SSSR count). The Labute approximate surface area is 99.6 Å². The molecular formula is C8H6ClN5OS. The molecule has 0 aliphatic rings. The van der Waals surface area contributed by atoms with Crippen molar-refractivity contribution in [2.24, 2.45) is 0 Å². The van der Waals surface area contributed by atoms with E-state index in [1.165, 1.54) is 6.07 Å². The lowest BCUT2D eigenvalue weighted by atomic mass is 10.2. The van der Waals surface area contributed by atoms with Gasteiger partial charge in [-0.3, -0.25) is 10.1 Å². The van der Waals surface area contributed by atoms with E-state index in [-0.39, 0.29) is 5.91 Å². The van der Waals surface area contributed by atoms with Gasteiger partial charge in [0, 0.05) is 17.1 Å². The molecule has 8 heteroatoms. The third kappa shape index (κ3) is 2.26. The number of hydrogen-bond acceptors (Lipinski definition) is 6. The summed E-state index contributed by atoms with van der Waals surface area (Å²) >= 11 is 6.79. The second kappa shape index (κ2) is 4.42. The average molecular weight is 256 g/mol. The van der Waals surface area contributed by atoms with E-state index in [1.54, 1.807) is 12.1 Å². The maximum Gasteiger partial charge on any atom is 0.257 e. The topological polar surface area (TPSA) is 93.8 Å². The van der Waals surface area contributed by atoms with Crippen LogP contribution in [0.2, 0.25) is 5.02 Å². The van der Waals surface area contributed by atoms with Crippen LogP contribution in [0.1, 0.15) is 10.4 Å². The Morgan fingerprint density at radius 1 is 1.50 bits per heavy atom. The van der Waals surface area contributed by atoms with Crippen LogP contribution in [-0.4, -0.2) is 20.7 Å². The van der Waals surface area contributed by atoms with E-state index in [4.69, 9.17) is 17.3 Å². The number of nitrogens with two attached hydrogens (primary N) is 1. The van der Waals surface area contributed by atoms with E-state index in [2.05, 4.69) is 20.1 Å². The van der Waals surface area contributed by atoms with Crippen LogP contribution >= 0.6 is 23.1 Å². The Morgan fingerprint density at radius 3 is 2.94 bits per heavy atom. The highest BCUT2D eigenvalue weighted by atomic mass is 35.5. The summed E-state index contributed by atoms with van der Waals surface area (Å²) < 4.78 is 3.52. The highest BCUT2D eigenvalue weighted by Gasteiger charge is 2.09. The fourth-order valence-corrected chi connectivity index (χ4v) is 1.56. The number of carbonyl (C=O) groups is 1. The minimum absolute atomic E-state index is 0.331. The molecule has 0 unspecified atom stereocenters. The Bertz CT molecular complexity index is 515. The van der Waals surface area contributed by atoms with Crippen molar-refractivity contribution in [3.05, 3.63) is 28.8 Å². The summed E-state index contributed by atoms with van der Waals surface area (Å²) in [6.07, 6.45) is 0. The molecule has 1 aromatic carbocycles. The molecule has 3 N–H and O–H groups in total. The Kier molecular flexibility index (Phi) is 2.97. The van der Waals surface area contributed by atoms with Gasteiger partial charge in [0.2, 0.25) is 5.13 Å². The van der Waals surface area contributed by atoms with Gasteiger partial charge in [0.15, 0.2) is 0 Å². The van der Waals surface area contributed by atoms with Crippen molar-refractivity contribution < 1.29 is 4.79 Å². The largest absolute Gasteiger partial charge is 0.398 e. The van der Waals surface area contributed by atoms with E-state index in [9.17, 15) is 4.79 Å². The third-order valence-corrected chi connectivity index (χ3v) is 2.62. The van der Waals surface area contributed by atoms with Gasteiger partial charge in [-0.15, -0.1) is 0 Å². The number of aromatic nitrogens is 3. The fraction of sp³-hybridized carbons (Fsp3) is 0. The van der Waals surface area contributed by atoms with E-state index >= 15 is 0 Å². The SMILES string of the molecule is Nc1ccc(C(=O)Nc2nnns2)cc1Cl. The number of amides is 1. The maximum atomic E-state index is 11.7. The monoisotopic (exact) mass is 255 g/mol. The summed E-state index contributed by atoms with van der Waals surface area (Å²) in [5, 5.41) is 10.1. The molecule has 6 nitrogen and oxygen atoms in total. The summed E-state index contributed by atoms with van der Waals surface area (Å²) in [5.74, 6) is -0.333. The highest BCUT2D eigenvalue weighted by molar-refractivity contribution is 7.09. The normalized spacial score (nSPS) is 10.1. The molecule has 0 atom stereocenters. The van der Waals surface area contributed by atoms with E-state index in [1.807, 2.05) is 0 Å². The molecule has 0 fully saturated rings. The van der Waals surface area contributed by atoms with Crippen LogP contribution in [0, 0.1) is 0 Å². The first-order valence-electron chi connectivity index (χ1n) is 4.18. The molecule has 1 aromatic heterocycles. The fourth-order valence-electron chi connectivity index (χ4n) is 1.02. The van der Waals surface area contributed by atoms with Crippen molar-refractivity contribution in [1.82, 2.24) is 14.8 Å². The summed E-state index contributed by atoms with van der Waals surface area (Å²) in [7, 11) is 0. The number of halogens is 1. The molecule has 0 saturated heterocycles. The van der Waals surface area contributed by atoms with E-state index in [0.717, 1.165) is 11.5 Å². The summed E-state index contributed by atoms with van der Waals surface area (Å²) in [6, 6.07) is 4.63. The Morgan fingerprint density at radius 2 is 2.31 bits per heavy atom. The van der Waals surface area contributed by atoms with Gasteiger partial charge in [-0.1, -0.05) is 21.2 Å². The van der Waals surface area contributed by atoms with Crippen LogP contribution in [0.3, 0.4) is 0 Å². The predicted molar refractivity (Wildman–Crippen MR) is 61.5 cm³/mol. The van der Waals surface area contributed by atoms with Crippen LogP contribution in [0.15, 0.2) is 18.2 Å². The molecule has 1 heterocycles. The summed E-state index contributed by atoms with van der Waals surface area (Å²) in [6.45, 7) is 0. The van der Waals surface area contributed by atoms with Crippen molar-refractivity contribution in [2.45, 2.75) is 0 Å². The first-order valence-corrected chi connectivity index (χ1v) is 5.33. The van der Waals surface area contributed by atoms with Crippen LogP contribution in [0.4, 0.5) is 10.8 Å². The van der Waals surface area contributed by atoms with Gasteiger partial charge >= 0.3 is 0 Å². The zero-order valence-corrected chi connectivity index (χ0v) is 9.42. The molecule has 2 aromatic rings. The van der Waals surface area contributed by atoms with Crippen molar-refractivity contribution in [3.8, 4) is 0 Å². The molecule has 82 valence electrons. The van der Waals surface area contributed by atoms with Gasteiger partial charge in [0.1, 0.15) is 0 Å². The lowest BCUT2D eigenvalue weighted by molar-refractivity contribution is 0.102. The minimum Gasteiger partial charge on any atom is -0.398 e. The second-order valence-electron chi connectivity index (χ2n) is 2.86. The molecule has 0 spiro atoms. The van der Waals surface area contributed by atoms with Gasteiger partial charge in [-0.2, -0.15) is 0 Å². The van der Waals surface area contributed by atoms with Crippen molar-refractivity contribution in [1.29, 1.82) is 0 Å². The second-order valence-corrected chi connectivity index (χ2v) is 4.00. The van der Waals surface area contributed by atoms with E-state index in [0.29, 0.717) is 21.4 Å². The number of nitrogen functional groups attached to an aromatic ring is 1. The zero-order chi connectivity index (χ0) is 11.5. The van der Waals surface area contributed by atoms with Gasteiger partial charge in [0.25, 0.3) is 5.91 Å². The highest BCUT2D eigenvalue weighted by Crippen LogP contribution is 2.20. The van der Waals surface area contributed by atoms with Crippen molar-refractivity contribution in [3.63, 3.8) is 0 Å². The van der Waals surface area contributed by atoms with Crippen LogP contribution < -0.4 is 11.1 Å². The van der Waals surface area contributed by atoms with Crippen molar-refractivity contribution in [2.75, 3.05) is 11.1 Å². The zero-order valence-electron chi connectivity index (χ0n) is 7.85. The average Bonchev–Trinajstić information content (AvgIpc) is 2.74. The Hall–Kier alpha value is -1.73. The number of benzene rings is 1. The van der Waals surface area contributed by atoms with Gasteiger partial charge < -0.3 is 5.73 Å². The number of anilines is 2. The van der Waals surface area contributed by atoms with Crippen molar-refractivity contribution >= 4 is 39.9 Å². The van der Waals surface area contributed by atoms with Gasteiger partial charge in [0.05, 0.1) is 10.7 Å². The molecule has 0 radical (unpaired) electrons. The molecule has 0 bridgehead atoms. The first-order chi connectivity index (χ1) is 7.66. The number of nitrogens with one attached hydrogen (secondary N) is 1. The number of carbonyl (C=O) groups excluding carboxylic acids is 1. The number of rotatable bonds is 2. The smallest absolute Gasteiger partial charge is 0.257 e. The van der Waals surface area contributed by atoms with Crippen LogP contribution in [0.5, 0.6) is 0 Å². The summed E-state index contributed by atoms with van der Waals surface area (Å²) in [4.78, 5) is 11.7. The molecule has 16 heavy (non-hydrogen) atoms. The maximum absolute atomic E-state index is 11.7. The number of hydrogen-bond donors (Lipinski definition) is 2. The van der Waals surface area contributed by atoms with E-state index < -0.39 is 0 Å². The van der Waals surface area contributed by atoms with Gasteiger partial charge in [-0.05, 0) is 23.4 Å². The molecule has 0 aliphatic carbocycles. The van der Waals surface area contributed by atoms with Gasteiger partial charge in [-0.25, -0.2) is 0 Å². The predicted octanol–water partition coefficient (Wildman–Crippen LogP) is 1.42. The lowest BCUT2D eigenvalue weighted by Crippen LogP contribution is -2.11. The van der Waals surface area contributed by atoms with Crippen LogP contribution in [0.25, 0.3) is 0 Å². The molecule has 0 saturated carbocycles. The minimum atomic E-state index is -0.333. The van der Waals surface area contributed by atoms with Crippen LogP contribution in [-0.2, 0) is 0 Å². The quantitative estimate of drug-likeness (QED) is 0.792. The molecular weight excluding hydrogens is 250 g/mol. The molecule has 0 aliphatic heterocycles. The first kappa shape index (κ1) is 10.8.